The summed E-state index contributed by atoms with van der Waals surface area (Å²) >= 11 is 6.00. The van der Waals surface area contributed by atoms with E-state index in [2.05, 4.69) is 10.1 Å². The molecule has 1 N–H and O–H groups in total. The van der Waals surface area contributed by atoms with E-state index in [-0.39, 0.29) is 10.9 Å². The van der Waals surface area contributed by atoms with Crippen LogP contribution < -0.4 is 0 Å². The van der Waals surface area contributed by atoms with Gasteiger partial charge in [-0.25, -0.2) is 4.39 Å². The average molecular weight is 311 g/mol. The number of rotatable bonds is 2. The van der Waals surface area contributed by atoms with Crippen molar-refractivity contribution in [3.8, 4) is 11.4 Å². The molecule has 0 spiro atoms. The van der Waals surface area contributed by atoms with Gasteiger partial charge in [-0.3, -0.25) is 0 Å². The number of aliphatic hydroxyl groups is 1. The number of nitrogens with zero attached hydrogens (tertiary/aromatic N) is 2. The molecule has 1 aliphatic carbocycles. The van der Waals surface area contributed by atoms with Crippen LogP contribution in [0.4, 0.5) is 4.39 Å². The third-order valence-electron chi connectivity index (χ3n) is 3.91. The van der Waals surface area contributed by atoms with Gasteiger partial charge < -0.3 is 9.63 Å². The third-order valence-corrected chi connectivity index (χ3v) is 4.22. The zero-order chi connectivity index (χ0) is 14.8. The minimum atomic E-state index is -0.454. The number of aromatic nitrogens is 2. The minimum Gasteiger partial charge on any atom is -0.392 e. The molecule has 21 heavy (non-hydrogen) atoms. The van der Waals surface area contributed by atoms with Crippen molar-refractivity contribution in [3.63, 3.8) is 0 Å². The van der Waals surface area contributed by atoms with Crippen molar-refractivity contribution in [1.82, 2.24) is 10.1 Å². The summed E-state index contributed by atoms with van der Waals surface area (Å²) in [6, 6.07) is 4.04. The van der Waals surface area contributed by atoms with Gasteiger partial charge in [0.05, 0.1) is 17.0 Å². The molecule has 1 heterocycles. The molecule has 0 saturated heterocycles. The van der Waals surface area contributed by atoms with Crippen molar-refractivity contribution in [3.05, 3.63) is 34.9 Å². The summed E-state index contributed by atoms with van der Waals surface area (Å²) in [5.74, 6) is 0.214. The molecule has 112 valence electrons. The van der Waals surface area contributed by atoms with Crippen molar-refractivity contribution in [1.29, 1.82) is 0 Å². The standard InChI is InChI=1S/C15H16ClFN2O2/c16-12-8-9(17)6-7-10(12)14-18-15(21-19-14)11-4-2-1-3-5-13(11)20/h6-8,11,13,20H,1-5H2. The van der Waals surface area contributed by atoms with Crippen LogP contribution in [-0.2, 0) is 0 Å². The molecule has 1 fully saturated rings. The number of aliphatic hydroxyl groups excluding tert-OH is 1. The summed E-state index contributed by atoms with van der Waals surface area (Å²) < 4.78 is 18.4. The summed E-state index contributed by atoms with van der Waals surface area (Å²) in [7, 11) is 0. The Balaban J connectivity index is 1.88. The van der Waals surface area contributed by atoms with Crippen molar-refractivity contribution < 1.29 is 14.0 Å². The Hall–Kier alpha value is -1.46. The van der Waals surface area contributed by atoms with Gasteiger partial charge in [-0.1, -0.05) is 36.0 Å². The molecule has 1 saturated carbocycles. The molecule has 1 aromatic heterocycles. The van der Waals surface area contributed by atoms with Crippen LogP contribution in [-0.4, -0.2) is 21.4 Å². The number of hydrogen-bond acceptors (Lipinski definition) is 4. The molecule has 0 bridgehead atoms. The highest BCUT2D eigenvalue weighted by molar-refractivity contribution is 6.33. The Morgan fingerprint density at radius 1 is 1.24 bits per heavy atom. The highest BCUT2D eigenvalue weighted by Crippen LogP contribution is 2.33. The van der Waals surface area contributed by atoms with Gasteiger partial charge in [-0.05, 0) is 31.0 Å². The predicted molar refractivity (Wildman–Crippen MR) is 76.5 cm³/mol. The lowest BCUT2D eigenvalue weighted by atomic mass is 9.97. The van der Waals surface area contributed by atoms with Gasteiger partial charge in [0.15, 0.2) is 0 Å². The highest BCUT2D eigenvalue weighted by Gasteiger charge is 2.28. The van der Waals surface area contributed by atoms with Crippen LogP contribution in [0.25, 0.3) is 11.4 Å². The van der Waals surface area contributed by atoms with Gasteiger partial charge >= 0.3 is 0 Å². The van der Waals surface area contributed by atoms with E-state index in [1.54, 1.807) is 0 Å². The normalized spacial score (nSPS) is 23.0. The first kappa shape index (κ1) is 14.5. The molecule has 0 radical (unpaired) electrons. The van der Waals surface area contributed by atoms with Gasteiger partial charge in [0.1, 0.15) is 5.82 Å². The van der Waals surface area contributed by atoms with E-state index < -0.39 is 11.9 Å². The van der Waals surface area contributed by atoms with E-state index in [9.17, 15) is 9.50 Å². The van der Waals surface area contributed by atoms with Gasteiger partial charge in [0.25, 0.3) is 0 Å². The van der Waals surface area contributed by atoms with E-state index in [1.165, 1.54) is 18.2 Å². The lowest BCUT2D eigenvalue weighted by molar-refractivity contribution is 0.119. The summed E-state index contributed by atoms with van der Waals surface area (Å²) in [5.41, 5.74) is 0.524. The maximum absolute atomic E-state index is 13.1. The number of halogens is 2. The highest BCUT2D eigenvalue weighted by atomic mass is 35.5. The maximum atomic E-state index is 13.1. The minimum absolute atomic E-state index is 0.132. The van der Waals surface area contributed by atoms with Gasteiger partial charge in [0.2, 0.25) is 11.7 Å². The monoisotopic (exact) mass is 310 g/mol. The average Bonchev–Trinajstić information content (AvgIpc) is 2.82. The second kappa shape index (κ2) is 6.12. The first-order valence-corrected chi connectivity index (χ1v) is 7.50. The van der Waals surface area contributed by atoms with Crippen LogP contribution in [0.15, 0.2) is 22.7 Å². The molecule has 4 nitrogen and oxygen atoms in total. The van der Waals surface area contributed by atoms with Crippen molar-refractivity contribution >= 4 is 11.6 Å². The van der Waals surface area contributed by atoms with Crippen molar-refractivity contribution in [2.75, 3.05) is 0 Å². The van der Waals surface area contributed by atoms with Crippen LogP contribution in [0.3, 0.4) is 0 Å². The SMILES string of the molecule is OC1CCCCCC1c1nc(-c2ccc(F)cc2Cl)no1. The molecule has 1 aromatic carbocycles. The Morgan fingerprint density at radius 3 is 2.86 bits per heavy atom. The molecule has 0 aliphatic heterocycles. The predicted octanol–water partition coefficient (Wildman–Crippen LogP) is 3.94. The molecule has 2 unspecified atom stereocenters. The van der Waals surface area contributed by atoms with E-state index >= 15 is 0 Å². The second-order valence-electron chi connectivity index (χ2n) is 5.39. The Bertz CT molecular complexity index is 632. The Kier molecular flexibility index (Phi) is 4.22. The van der Waals surface area contributed by atoms with E-state index in [0.29, 0.717) is 17.3 Å². The first-order chi connectivity index (χ1) is 10.1. The Morgan fingerprint density at radius 2 is 2.05 bits per heavy atom. The second-order valence-corrected chi connectivity index (χ2v) is 5.80. The Labute approximate surface area is 126 Å². The fraction of sp³-hybridized carbons (Fsp3) is 0.467. The van der Waals surface area contributed by atoms with Crippen LogP contribution in [0.5, 0.6) is 0 Å². The fourth-order valence-electron chi connectivity index (χ4n) is 2.74. The smallest absolute Gasteiger partial charge is 0.232 e. The summed E-state index contributed by atoms with van der Waals surface area (Å²) in [4.78, 5) is 4.34. The molecule has 3 rings (SSSR count). The van der Waals surface area contributed by atoms with Gasteiger partial charge in [-0.15, -0.1) is 0 Å². The number of hydrogen-bond donors (Lipinski definition) is 1. The van der Waals surface area contributed by atoms with Crippen LogP contribution >= 0.6 is 11.6 Å². The molecule has 6 heteroatoms. The molecular weight excluding hydrogens is 295 g/mol. The third kappa shape index (κ3) is 3.09. The summed E-state index contributed by atoms with van der Waals surface area (Å²) in [5, 5.41) is 14.3. The number of benzene rings is 1. The quantitative estimate of drug-likeness (QED) is 0.854. The van der Waals surface area contributed by atoms with Crippen molar-refractivity contribution in [2.24, 2.45) is 0 Å². The van der Waals surface area contributed by atoms with Crippen molar-refractivity contribution in [2.45, 2.75) is 44.1 Å². The first-order valence-electron chi connectivity index (χ1n) is 7.12. The molecule has 0 amide bonds. The van der Waals surface area contributed by atoms with Crippen LogP contribution in [0.1, 0.15) is 43.9 Å². The summed E-state index contributed by atoms with van der Waals surface area (Å²) in [6.07, 6.45) is 4.29. The van der Waals surface area contributed by atoms with E-state index in [0.717, 1.165) is 32.1 Å². The van der Waals surface area contributed by atoms with Gasteiger partial charge in [-0.2, -0.15) is 4.98 Å². The fourth-order valence-corrected chi connectivity index (χ4v) is 2.99. The largest absolute Gasteiger partial charge is 0.392 e. The zero-order valence-electron chi connectivity index (χ0n) is 11.4. The molecule has 2 atom stereocenters. The molecule has 2 aromatic rings. The molecule has 1 aliphatic rings. The van der Waals surface area contributed by atoms with E-state index in [4.69, 9.17) is 16.1 Å². The van der Waals surface area contributed by atoms with Crippen LogP contribution in [0.2, 0.25) is 5.02 Å². The van der Waals surface area contributed by atoms with Gasteiger partial charge in [0, 0.05) is 5.56 Å². The lowest BCUT2D eigenvalue weighted by Crippen LogP contribution is -2.17. The molecular formula is C15H16ClFN2O2. The van der Waals surface area contributed by atoms with E-state index in [1.807, 2.05) is 0 Å². The topological polar surface area (TPSA) is 59.2 Å². The summed E-state index contributed by atoms with van der Waals surface area (Å²) in [6.45, 7) is 0. The zero-order valence-corrected chi connectivity index (χ0v) is 12.2. The van der Waals surface area contributed by atoms with Crippen LogP contribution in [0, 0.1) is 5.82 Å². The lowest BCUT2D eigenvalue weighted by Gasteiger charge is -2.15. The maximum Gasteiger partial charge on any atom is 0.232 e.